The first kappa shape index (κ1) is 19.2. The topological polar surface area (TPSA) is 88.1 Å². The molecule has 0 unspecified atom stereocenters. The Hall–Kier alpha value is -3.09. The van der Waals surface area contributed by atoms with E-state index in [0.717, 1.165) is 5.56 Å². The normalized spacial score (nSPS) is 14.5. The van der Waals surface area contributed by atoms with Crippen molar-refractivity contribution in [3.63, 3.8) is 0 Å². The third kappa shape index (κ3) is 3.93. The van der Waals surface area contributed by atoms with E-state index in [2.05, 4.69) is 4.74 Å². The Morgan fingerprint density at radius 2 is 1.50 bits per heavy atom. The summed E-state index contributed by atoms with van der Waals surface area (Å²) in [5, 5.41) is 0. The molecule has 1 aliphatic carbocycles. The van der Waals surface area contributed by atoms with Crippen LogP contribution in [-0.2, 0) is 35.0 Å². The summed E-state index contributed by atoms with van der Waals surface area (Å²) < 4.78 is 19.9. The van der Waals surface area contributed by atoms with E-state index in [1.54, 1.807) is 31.2 Å². The summed E-state index contributed by atoms with van der Waals surface area (Å²) in [6.07, 6.45) is 0.261. The van der Waals surface area contributed by atoms with Crippen LogP contribution in [0, 0.1) is 0 Å². The summed E-state index contributed by atoms with van der Waals surface area (Å²) in [7, 11) is 3.93. The van der Waals surface area contributed by atoms with E-state index in [0.29, 0.717) is 16.9 Å². The van der Waals surface area contributed by atoms with Crippen LogP contribution in [0.3, 0.4) is 0 Å². The molecular weight excluding hydrogens is 340 g/mol. The van der Waals surface area contributed by atoms with E-state index < -0.39 is 5.97 Å². The molecule has 0 aliphatic heterocycles. The van der Waals surface area contributed by atoms with Gasteiger partial charge in [0.15, 0.2) is 6.61 Å². The first-order valence-electron chi connectivity index (χ1n) is 7.82. The lowest BCUT2D eigenvalue weighted by Gasteiger charge is -2.20. The van der Waals surface area contributed by atoms with Crippen molar-refractivity contribution in [2.24, 2.45) is 0 Å². The molecule has 1 aromatic rings. The SMILES string of the molecule is COC(=O)COc1ccc(CC2=C(C)C(=O)C(OC)=C(OC)C2=O)cc1. The molecule has 0 bridgehead atoms. The highest BCUT2D eigenvalue weighted by atomic mass is 16.6. The molecule has 0 saturated carbocycles. The number of ketones is 2. The summed E-state index contributed by atoms with van der Waals surface area (Å²) in [6.45, 7) is 1.41. The van der Waals surface area contributed by atoms with Gasteiger partial charge in [-0.3, -0.25) is 9.59 Å². The Balaban J connectivity index is 2.17. The van der Waals surface area contributed by atoms with Gasteiger partial charge in [-0.05, 0) is 24.6 Å². The average molecular weight is 360 g/mol. The first-order chi connectivity index (χ1) is 12.4. The molecule has 138 valence electrons. The number of ether oxygens (including phenoxy) is 4. The van der Waals surface area contributed by atoms with E-state index >= 15 is 0 Å². The van der Waals surface area contributed by atoms with Gasteiger partial charge in [-0.2, -0.15) is 0 Å². The van der Waals surface area contributed by atoms with Crippen molar-refractivity contribution in [1.82, 2.24) is 0 Å². The molecule has 0 amide bonds. The Labute approximate surface area is 151 Å². The number of carbonyl (C=O) groups excluding carboxylic acids is 3. The Morgan fingerprint density at radius 1 is 0.923 bits per heavy atom. The van der Waals surface area contributed by atoms with E-state index in [9.17, 15) is 14.4 Å². The zero-order chi connectivity index (χ0) is 19.3. The molecule has 0 radical (unpaired) electrons. The number of allylic oxidation sites excluding steroid dienone is 2. The van der Waals surface area contributed by atoms with Crippen LogP contribution >= 0.6 is 0 Å². The molecule has 0 aromatic heterocycles. The van der Waals surface area contributed by atoms with Crippen LogP contribution in [0.1, 0.15) is 12.5 Å². The quantitative estimate of drug-likeness (QED) is 0.541. The van der Waals surface area contributed by atoms with Gasteiger partial charge in [0.1, 0.15) is 5.75 Å². The minimum atomic E-state index is -0.478. The van der Waals surface area contributed by atoms with E-state index in [1.807, 2.05) is 0 Å². The Morgan fingerprint density at radius 3 is 2.04 bits per heavy atom. The molecule has 0 heterocycles. The lowest BCUT2D eigenvalue weighted by atomic mass is 9.89. The summed E-state index contributed by atoms with van der Waals surface area (Å²) in [6, 6.07) is 6.87. The van der Waals surface area contributed by atoms with Gasteiger partial charge in [-0.25, -0.2) is 4.79 Å². The van der Waals surface area contributed by atoms with Crippen molar-refractivity contribution in [2.75, 3.05) is 27.9 Å². The van der Waals surface area contributed by atoms with Crippen molar-refractivity contribution < 1.29 is 33.3 Å². The van der Waals surface area contributed by atoms with Crippen LogP contribution in [0.25, 0.3) is 0 Å². The summed E-state index contributed by atoms with van der Waals surface area (Å²) in [5.74, 6) is -0.880. The average Bonchev–Trinajstić information content (AvgIpc) is 2.66. The number of Topliss-reactive ketones (excluding diaryl/α,β-unsaturated/α-hetero) is 2. The van der Waals surface area contributed by atoms with E-state index in [-0.39, 0.29) is 36.1 Å². The lowest BCUT2D eigenvalue weighted by Crippen LogP contribution is -2.26. The van der Waals surface area contributed by atoms with Crippen molar-refractivity contribution in [1.29, 1.82) is 0 Å². The predicted molar refractivity (Wildman–Crippen MR) is 91.4 cm³/mol. The number of rotatable bonds is 7. The van der Waals surface area contributed by atoms with Crippen molar-refractivity contribution in [2.45, 2.75) is 13.3 Å². The number of methoxy groups -OCH3 is 3. The zero-order valence-electron chi connectivity index (χ0n) is 15.1. The van der Waals surface area contributed by atoms with Gasteiger partial charge in [0.05, 0.1) is 21.3 Å². The highest BCUT2D eigenvalue weighted by molar-refractivity contribution is 6.23. The molecule has 0 atom stereocenters. The Bertz CT molecular complexity index is 785. The fourth-order valence-electron chi connectivity index (χ4n) is 2.51. The highest BCUT2D eigenvalue weighted by Gasteiger charge is 2.34. The molecule has 7 nitrogen and oxygen atoms in total. The number of carbonyl (C=O) groups is 3. The number of hydrogen-bond donors (Lipinski definition) is 0. The first-order valence-corrected chi connectivity index (χ1v) is 7.82. The van der Waals surface area contributed by atoms with Crippen LogP contribution < -0.4 is 4.74 Å². The zero-order valence-corrected chi connectivity index (χ0v) is 15.1. The molecule has 2 rings (SSSR count). The molecule has 0 saturated heterocycles. The van der Waals surface area contributed by atoms with Gasteiger partial charge in [0.25, 0.3) is 0 Å². The maximum absolute atomic E-state index is 12.6. The molecule has 7 heteroatoms. The summed E-state index contributed by atoms with van der Waals surface area (Å²) in [5.41, 5.74) is 1.50. The monoisotopic (exact) mass is 360 g/mol. The minimum Gasteiger partial charge on any atom is -0.489 e. The van der Waals surface area contributed by atoms with Gasteiger partial charge >= 0.3 is 5.97 Å². The maximum Gasteiger partial charge on any atom is 0.343 e. The van der Waals surface area contributed by atoms with E-state index in [4.69, 9.17) is 14.2 Å². The third-order valence-electron chi connectivity index (χ3n) is 3.98. The number of hydrogen-bond acceptors (Lipinski definition) is 7. The summed E-state index contributed by atoms with van der Waals surface area (Å²) in [4.78, 5) is 36.1. The molecular formula is C19H20O7. The minimum absolute atomic E-state index is 0.0784. The van der Waals surface area contributed by atoms with E-state index in [1.165, 1.54) is 21.3 Å². The molecule has 0 spiro atoms. The van der Waals surface area contributed by atoms with Crippen LogP contribution in [0.2, 0.25) is 0 Å². The highest BCUT2D eigenvalue weighted by Crippen LogP contribution is 2.28. The van der Waals surface area contributed by atoms with Gasteiger partial charge < -0.3 is 18.9 Å². The Kier molecular flexibility index (Phi) is 6.16. The van der Waals surface area contributed by atoms with Crippen LogP contribution in [0.4, 0.5) is 0 Å². The molecule has 1 aliphatic rings. The second-order valence-electron chi connectivity index (χ2n) is 5.51. The fourth-order valence-corrected chi connectivity index (χ4v) is 2.51. The smallest absolute Gasteiger partial charge is 0.343 e. The van der Waals surface area contributed by atoms with Crippen LogP contribution in [0.15, 0.2) is 46.9 Å². The standard InChI is InChI=1S/C19H20O7/c1-11-14(17(22)19(25-4)18(24-3)16(11)21)9-12-5-7-13(8-6-12)26-10-15(20)23-2/h5-8H,9-10H2,1-4H3. The fraction of sp³-hybridized carbons (Fsp3) is 0.316. The molecule has 1 aromatic carbocycles. The van der Waals surface area contributed by atoms with Crippen molar-refractivity contribution >= 4 is 17.5 Å². The largest absolute Gasteiger partial charge is 0.489 e. The summed E-state index contributed by atoms with van der Waals surface area (Å²) >= 11 is 0. The van der Waals surface area contributed by atoms with Gasteiger partial charge in [0.2, 0.25) is 23.1 Å². The predicted octanol–water partition coefficient (Wildman–Crippen LogP) is 1.75. The lowest BCUT2D eigenvalue weighted by molar-refractivity contribution is -0.142. The second-order valence-corrected chi connectivity index (χ2v) is 5.51. The molecule has 0 fully saturated rings. The van der Waals surface area contributed by atoms with Crippen molar-refractivity contribution in [3.8, 4) is 5.75 Å². The van der Waals surface area contributed by atoms with Gasteiger partial charge in [0, 0.05) is 17.6 Å². The number of esters is 1. The van der Waals surface area contributed by atoms with Crippen molar-refractivity contribution in [3.05, 3.63) is 52.5 Å². The maximum atomic E-state index is 12.6. The van der Waals surface area contributed by atoms with Gasteiger partial charge in [-0.1, -0.05) is 12.1 Å². The molecule has 0 N–H and O–H groups in total. The van der Waals surface area contributed by atoms with Crippen LogP contribution in [-0.4, -0.2) is 45.5 Å². The third-order valence-corrected chi connectivity index (χ3v) is 3.98. The van der Waals surface area contributed by atoms with Gasteiger partial charge in [-0.15, -0.1) is 0 Å². The van der Waals surface area contributed by atoms with Crippen LogP contribution in [0.5, 0.6) is 5.75 Å². The molecule has 26 heavy (non-hydrogen) atoms. The number of benzene rings is 1. The second kappa shape index (κ2) is 8.33.